The Bertz CT molecular complexity index is 620. The normalized spacial score (nSPS) is 12.1. The second-order valence-electron chi connectivity index (χ2n) is 4.11. The molecule has 0 saturated carbocycles. The number of rotatable bonds is 4. The SMILES string of the molecule is C[C@H](C(=O)O)c1ccc(C(=O)c2cccs2)c(Cl)c1. The second kappa shape index (κ2) is 5.55. The van der Waals surface area contributed by atoms with E-state index in [4.69, 9.17) is 16.7 Å². The zero-order chi connectivity index (χ0) is 14.0. The van der Waals surface area contributed by atoms with Gasteiger partial charge in [0.25, 0.3) is 0 Å². The van der Waals surface area contributed by atoms with Crippen molar-refractivity contribution in [3.05, 3.63) is 56.7 Å². The molecule has 98 valence electrons. The molecule has 0 radical (unpaired) electrons. The molecule has 0 unspecified atom stereocenters. The van der Waals surface area contributed by atoms with Crippen LogP contribution in [-0.4, -0.2) is 16.9 Å². The molecule has 1 aromatic carbocycles. The summed E-state index contributed by atoms with van der Waals surface area (Å²) >= 11 is 7.43. The number of carboxylic acids is 1. The maximum absolute atomic E-state index is 12.2. The molecule has 0 aliphatic heterocycles. The zero-order valence-electron chi connectivity index (χ0n) is 10.1. The largest absolute Gasteiger partial charge is 0.481 e. The molecule has 1 atom stereocenters. The summed E-state index contributed by atoms with van der Waals surface area (Å²) in [6.45, 7) is 1.58. The minimum Gasteiger partial charge on any atom is -0.481 e. The van der Waals surface area contributed by atoms with Crippen LogP contribution in [0.1, 0.15) is 33.6 Å². The van der Waals surface area contributed by atoms with Gasteiger partial charge in [-0.2, -0.15) is 0 Å². The lowest BCUT2D eigenvalue weighted by molar-refractivity contribution is -0.138. The van der Waals surface area contributed by atoms with Gasteiger partial charge in [-0.1, -0.05) is 23.7 Å². The summed E-state index contributed by atoms with van der Waals surface area (Å²) in [5.41, 5.74) is 0.977. The standard InChI is InChI=1S/C14H11ClO3S/c1-8(14(17)18)9-4-5-10(11(15)7-9)13(16)12-3-2-6-19-12/h2-8H,1H3,(H,17,18)/t8-/m0/s1. The van der Waals surface area contributed by atoms with Crippen LogP contribution in [0.3, 0.4) is 0 Å². The highest BCUT2D eigenvalue weighted by molar-refractivity contribution is 7.12. The van der Waals surface area contributed by atoms with E-state index in [-0.39, 0.29) is 10.8 Å². The molecule has 5 heteroatoms. The molecule has 19 heavy (non-hydrogen) atoms. The lowest BCUT2D eigenvalue weighted by Crippen LogP contribution is -2.08. The number of hydrogen-bond donors (Lipinski definition) is 1. The average Bonchev–Trinajstić information content (AvgIpc) is 2.90. The lowest BCUT2D eigenvalue weighted by Gasteiger charge is -2.09. The number of benzene rings is 1. The maximum atomic E-state index is 12.2. The quantitative estimate of drug-likeness (QED) is 0.872. The van der Waals surface area contributed by atoms with Crippen LogP contribution in [0.15, 0.2) is 35.7 Å². The minimum atomic E-state index is -0.923. The highest BCUT2D eigenvalue weighted by atomic mass is 35.5. The Hall–Kier alpha value is -1.65. The Labute approximate surface area is 119 Å². The molecule has 1 aromatic heterocycles. The third kappa shape index (κ3) is 2.85. The van der Waals surface area contributed by atoms with Gasteiger partial charge in [-0.3, -0.25) is 9.59 Å². The van der Waals surface area contributed by atoms with E-state index in [0.717, 1.165) is 0 Å². The molecule has 0 aliphatic carbocycles. The van der Waals surface area contributed by atoms with E-state index in [1.807, 2.05) is 5.38 Å². The van der Waals surface area contributed by atoms with Crippen molar-refractivity contribution < 1.29 is 14.7 Å². The van der Waals surface area contributed by atoms with Crippen molar-refractivity contribution in [1.82, 2.24) is 0 Å². The topological polar surface area (TPSA) is 54.4 Å². The van der Waals surface area contributed by atoms with E-state index in [1.54, 1.807) is 37.3 Å². The summed E-state index contributed by atoms with van der Waals surface area (Å²) in [5.74, 6) is -1.72. The predicted octanol–water partition coefficient (Wildman–Crippen LogP) is 3.82. The number of aliphatic carboxylic acids is 1. The van der Waals surface area contributed by atoms with Gasteiger partial charge in [-0.05, 0) is 36.1 Å². The summed E-state index contributed by atoms with van der Waals surface area (Å²) < 4.78 is 0. The first-order valence-corrected chi connectivity index (χ1v) is 6.87. The van der Waals surface area contributed by atoms with Gasteiger partial charge in [0.05, 0.1) is 15.8 Å². The number of carbonyl (C=O) groups is 2. The molecule has 0 aliphatic rings. The summed E-state index contributed by atoms with van der Waals surface area (Å²) in [4.78, 5) is 23.7. The van der Waals surface area contributed by atoms with E-state index in [2.05, 4.69) is 0 Å². The second-order valence-corrected chi connectivity index (χ2v) is 5.46. The van der Waals surface area contributed by atoms with Gasteiger partial charge in [0, 0.05) is 5.56 Å². The fourth-order valence-electron chi connectivity index (χ4n) is 1.67. The Morgan fingerprint density at radius 2 is 2.05 bits per heavy atom. The van der Waals surface area contributed by atoms with Gasteiger partial charge < -0.3 is 5.11 Å². The van der Waals surface area contributed by atoms with Crippen molar-refractivity contribution in [1.29, 1.82) is 0 Å². The smallest absolute Gasteiger partial charge is 0.310 e. The third-order valence-corrected chi connectivity index (χ3v) is 4.03. The maximum Gasteiger partial charge on any atom is 0.310 e. The highest BCUT2D eigenvalue weighted by Crippen LogP contribution is 2.26. The van der Waals surface area contributed by atoms with Crippen LogP contribution in [0.4, 0.5) is 0 Å². The molecular formula is C14H11ClO3S. The van der Waals surface area contributed by atoms with Gasteiger partial charge in [0.1, 0.15) is 0 Å². The van der Waals surface area contributed by atoms with Crippen LogP contribution in [0.5, 0.6) is 0 Å². The molecule has 0 spiro atoms. The summed E-state index contributed by atoms with van der Waals surface area (Å²) in [7, 11) is 0. The molecule has 0 saturated heterocycles. The number of thiophene rings is 1. The van der Waals surface area contributed by atoms with E-state index in [9.17, 15) is 9.59 Å². The molecule has 0 fully saturated rings. The molecule has 1 heterocycles. The highest BCUT2D eigenvalue weighted by Gasteiger charge is 2.18. The van der Waals surface area contributed by atoms with Crippen molar-refractivity contribution in [2.75, 3.05) is 0 Å². The van der Waals surface area contributed by atoms with Gasteiger partial charge in [0.2, 0.25) is 5.78 Å². The first-order chi connectivity index (χ1) is 9.00. The van der Waals surface area contributed by atoms with Crippen LogP contribution < -0.4 is 0 Å². The molecular weight excluding hydrogens is 284 g/mol. The van der Waals surface area contributed by atoms with Crippen molar-refractivity contribution in [3.63, 3.8) is 0 Å². The molecule has 2 rings (SSSR count). The van der Waals surface area contributed by atoms with Crippen LogP contribution in [0.25, 0.3) is 0 Å². The first-order valence-electron chi connectivity index (χ1n) is 5.61. The molecule has 2 aromatic rings. The third-order valence-electron chi connectivity index (χ3n) is 2.85. The van der Waals surface area contributed by atoms with Gasteiger partial charge in [-0.25, -0.2) is 0 Å². The molecule has 0 bridgehead atoms. The van der Waals surface area contributed by atoms with E-state index in [0.29, 0.717) is 16.0 Å². The van der Waals surface area contributed by atoms with Crippen LogP contribution in [0.2, 0.25) is 5.02 Å². The van der Waals surface area contributed by atoms with Crippen LogP contribution >= 0.6 is 22.9 Å². The van der Waals surface area contributed by atoms with Crippen molar-refractivity contribution >= 4 is 34.7 Å². The van der Waals surface area contributed by atoms with E-state index >= 15 is 0 Å². The van der Waals surface area contributed by atoms with Crippen molar-refractivity contribution in [2.24, 2.45) is 0 Å². The van der Waals surface area contributed by atoms with E-state index < -0.39 is 11.9 Å². The van der Waals surface area contributed by atoms with Crippen molar-refractivity contribution in [2.45, 2.75) is 12.8 Å². The number of halogens is 1. The number of hydrogen-bond acceptors (Lipinski definition) is 3. The summed E-state index contributed by atoms with van der Waals surface area (Å²) in [6.07, 6.45) is 0. The Balaban J connectivity index is 2.35. The van der Waals surface area contributed by atoms with Gasteiger partial charge in [-0.15, -0.1) is 11.3 Å². The molecule has 1 N–H and O–H groups in total. The molecule has 0 amide bonds. The Morgan fingerprint density at radius 1 is 1.32 bits per heavy atom. The van der Waals surface area contributed by atoms with Crippen LogP contribution in [-0.2, 0) is 4.79 Å². The predicted molar refractivity (Wildman–Crippen MR) is 75.3 cm³/mol. The fraction of sp³-hybridized carbons (Fsp3) is 0.143. The zero-order valence-corrected chi connectivity index (χ0v) is 11.7. The molecule has 3 nitrogen and oxygen atoms in total. The first kappa shape index (κ1) is 13.8. The minimum absolute atomic E-state index is 0.144. The van der Waals surface area contributed by atoms with Gasteiger partial charge in [0.15, 0.2) is 0 Å². The average molecular weight is 295 g/mol. The number of carboxylic acid groups (broad SMARTS) is 1. The van der Waals surface area contributed by atoms with Gasteiger partial charge >= 0.3 is 5.97 Å². The lowest BCUT2D eigenvalue weighted by atomic mass is 9.98. The van der Waals surface area contributed by atoms with Crippen molar-refractivity contribution in [3.8, 4) is 0 Å². The monoisotopic (exact) mass is 294 g/mol. The number of carbonyl (C=O) groups excluding carboxylic acids is 1. The summed E-state index contributed by atoms with van der Waals surface area (Å²) in [5, 5.41) is 11.0. The van der Waals surface area contributed by atoms with E-state index in [1.165, 1.54) is 11.3 Å². The fourth-order valence-corrected chi connectivity index (χ4v) is 2.62. The number of ketones is 1. The Kier molecular flexibility index (Phi) is 4.02. The van der Waals surface area contributed by atoms with Crippen LogP contribution in [0, 0.1) is 0 Å². The summed E-state index contributed by atoms with van der Waals surface area (Å²) in [6, 6.07) is 8.29. The Morgan fingerprint density at radius 3 is 2.58 bits per heavy atom.